The van der Waals surface area contributed by atoms with E-state index >= 15 is 0 Å². The van der Waals surface area contributed by atoms with Gasteiger partial charge in [-0.2, -0.15) is 0 Å². The molecule has 0 saturated carbocycles. The third kappa shape index (κ3) is 5.95. The molecule has 4 aromatic rings. The molecule has 2 aromatic heterocycles. The van der Waals surface area contributed by atoms with Gasteiger partial charge in [0.1, 0.15) is 5.75 Å². The Kier molecular flexibility index (Phi) is 7.86. The zero-order chi connectivity index (χ0) is 26.5. The van der Waals surface area contributed by atoms with Crippen LogP contribution in [0.4, 0.5) is 11.5 Å². The van der Waals surface area contributed by atoms with Crippen molar-refractivity contribution in [2.24, 2.45) is 0 Å². The van der Waals surface area contributed by atoms with Gasteiger partial charge in [-0.05, 0) is 68.8 Å². The maximum atomic E-state index is 12.8. The van der Waals surface area contributed by atoms with E-state index in [1.165, 1.54) is 0 Å². The van der Waals surface area contributed by atoms with E-state index in [1.807, 2.05) is 80.0 Å². The molecule has 1 saturated heterocycles. The number of carbonyl (C=O) groups is 1. The van der Waals surface area contributed by atoms with Crippen molar-refractivity contribution in [1.29, 1.82) is 0 Å². The number of ether oxygens (including phenoxy) is 1. The molecule has 9 nitrogen and oxygen atoms in total. The number of piperazine rings is 1. The van der Waals surface area contributed by atoms with Crippen molar-refractivity contribution in [3.8, 4) is 17.0 Å². The van der Waals surface area contributed by atoms with Gasteiger partial charge >= 0.3 is 0 Å². The Labute approximate surface area is 223 Å². The molecule has 3 N–H and O–H groups in total. The first-order valence-electron chi connectivity index (χ1n) is 13.2. The van der Waals surface area contributed by atoms with E-state index in [-0.39, 0.29) is 12.0 Å². The molecular weight excluding hydrogens is 478 g/mol. The lowest BCUT2D eigenvalue weighted by atomic mass is 10.1. The van der Waals surface area contributed by atoms with Crippen molar-refractivity contribution in [2.75, 3.05) is 44.6 Å². The highest BCUT2D eigenvalue weighted by Gasteiger charge is 2.14. The Bertz CT molecular complexity index is 1390. The second kappa shape index (κ2) is 11.6. The van der Waals surface area contributed by atoms with Crippen molar-refractivity contribution in [1.82, 2.24) is 29.9 Å². The minimum absolute atomic E-state index is 0.0490. The van der Waals surface area contributed by atoms with Crippen LogP contribution in [0.3, 0.4) is 0 Å². The smallest absolute Gasteiger partial charge is 0.251 e. The molecule has 5 rings (SSSR count). The van der Waals surface area contributed by atoms with Crippen molar-refractivity contribution >= 4 is 23.1 Å². The predicted molar refractivity (Wildman–Crippen MR) is 150 cm³/mol. The number of hydrogen-bond donors (Lipinski definition) is 3. The molecule has 0 aliphatic carbocycles. The number of imidazole rings is 1. The number of hydrogen-bond acceptors (Lipinski definition) is 7. The lowest BCUT2D eigenvalue weighted by Crippen LogP contribution is -2.46. The SMILES string of the molecule is Cc1cc(Nc2nccn3c(-c4ccc(OC(C)C)cc4)cnc23)ccc1C(=O)NCCN1CCNCC1. The molecule has 198 valence electrons. The molecule has 1 aliphatic heterocycles. The van der Waals surface area contributed by atoms with E-state index in [1.54, 1.807) is 6.20 Å². The van der Waals surface area contributed by atoms with Crippen LogP contribution in [-0.4, -0.2) is 70.5 Å². The molecule has 2 aromatic carbocycles. The zero-order valence-electron chi connectivity index (χ0n) is 22.2. The maximum absolute atomic E-state index is 12.8. The minimum atomic E-state index is -0.0490. The lowest BCUT2D eigenvalue weighted by Gasteiger charge is -2.27. The largest absolute Gasteiger partial charge is 0.491 e. The number of aryl methyl sites for hydroxylation is 1. The Balaban J connectivity index is 1.27. The van der Waals surface area contributed by atoms with Crippen LogP contribution in [-0.2, 0) is 0 Å². The number of benzene rings is 2. The van der Waals surface area contributed by atoms with Crippen LogP contribution in [0.15, 0.2) is 61.1 Å². The first kappa shape index (κ1) is 25.7. The lowest BCUT2D eigenvalue weighted by molar-refractivity contribution is 0.0946. The standard InChI is InChI=1S/C29H35N7O2/c1-20(2)38-24-7-4-22(5-8-24)26-19-33-28-27(31-13-17-36(26)28)34-23-6-9-25(21(3)18-23)29(37)32-12-16-35-14-10-30-11-15-35/h4-9,13,17-20,30H,10-12,14-16H2,1-3H3,(H,31,34)(H,32,37). The maximum Gasteiger partial charge on any atom is 0.251 e. The quantitative estimate of drug-likeness (QED) is 0.313. The Morgan fingerprint density at radius 3 is 2.63 bits per heavy atom. The third-order valence-corrected chi connectivity index (χ3v) is 6.61. The number of amides is 1. The normalized spacial score (nSPS) is 14.1. The second-order valence-electron chi connectivity index (χ2n) is 9.81. The molecule has 0 radical (unpaired) electrons. The fraction of sp³-hybridized carbons (Fsp3) is 0.345. The van der Waals surface area contributed by atoms with E-state index in [9.17, 15) is 4.79 Å². The third-order valence-electron chi connectivity index (χ3n) is 6.61. The van der Waals surface area contributed by atoms with E-state index in [4.69, 9.17) is 4.74 Å². The molecule has 0 unspecified atom stereocenters. The van der Waals surface area contributed by atoms with Crippen molar-refractivity contribution in [2.45, 2.75) is 26.9 Å². The molecular formula is C29H35N7O2. The van der Waals surface area contributed by atoms with Gasteiger partial charge in [-0.15, -0.1) is 0 Å². The van der Waals surface area contributed by atoms with E-state index in [0.717, 1.165) is 66.6 Å². The van der Waals surface area contributed by atoms with Gasteiger partial charge in [0.15, 0.2) is 11.5 Å². The molecule has 1 fully saturated rings. The summed E-state index contributed by atoms with van der Waals surface area (Å²) in [6.45, 7) is 11.5. The number of aromatic nitrogens is 3. The summed E-state index contributed by atoms with van der Waals surface area (Å²) >= 11 is 0. The van der Waals surface area contributed by atoms with Gasteiger partial charge in [0.05, 0.1) is 18.0 Å². The fourth-order valence-corrected chi connectivity index (χ4v) is 4.69. The van der Waals surface area contributed by atoms with Crippen LogP contribution in [0.2, 0.25) is 0 Å². The highest BCUT2D eigenvalue weighted by atomic mass is 16.5. The summed E-state index contributed by atoms with van der Waals surface area (Å²) < 4.78 is 7.78. The number of carbonyl (C=O) groups excluding carboxylic acids is 1. The number of fused-ring (bicyclic) bond motifs is 1. The Hall–Kier alpha value is -3.95. The van der Waals surface area contributed by atoms with Crippen molar-refractivity contribution < 1.29 is 9.53 Å². The van der Waals surface area contributed by atoms with Crippen molar-refractivity contribution in [3.05, 3.63) is 72.2 Å². The van der Waals surface area contributed by atoms with E-state index in [0.29, 0.717) is 17.9 Å². The van der Waals surface area contributed by atoms with Gasteiger partial charge in [0.2, 0.25) is 0 Å². The summed E-state index contributed by atoms with van der Waals surface area (Å²) in [7, 11) is 0. The number of nitrogens with one attached hydrogen (secondary N) is 3. The molecule has 0 spiro atoms. The number of anilines is 2. The average Bonchev–Trinajstić information content (AvgIpc) is 3.35. The summed E-state index contributed by atoms with van der Waals surface area (Å²) in [6, 6.07) is 13.7. The Morgan fingerprint density at radius 2 is 1.89 bits per heavy atom. The van der Waals surface area contributed by atoms with Gasteiger partial charge in [-0.25, -0.2) is 9.97 Å². The molecule has 1 aliphatic rings. The summed E-state index contributed by atoms with van der Waals surface area (Å²) in [5, 5.41) is 9.78. The topological polar surface area (TPSA) is 95.8 Å². The van der Waals surface area contributed by atoms with Crippen LogP contribution >= 0.6 is 0 Å². The van der Waals surface area contributed by atoms with Crippen LogP contribution in [0, 0.1) is 6.92 Å². The first-order chi connectivity index (χ1) is 18.5. The van der Waals surface area contributed by atoms with Crippen LogP contribution < -0.4 is 20.7 Å². The second-order valence-corrected chi connectivity index (χ2v) is 9.81. The molecule has 3 heterocycles. The van der Waals surface area contributed by atoms with Crippen LogP contribution in [0.25, 0.3) is 16.9 Å². The monoisotopic (exact) mass is 513 g/mol. The predicted octanol–water partition coefficient (Wildman–Crippen LogP) is 3.87. The highest BCUT2D eigenvalue weighted by Crippen LogP contribution is 2.27. The molecule has 38 heavy (non-hydrogen) atoms. The summed E-state index contributed by atoms with van der Waals surface area (Å²) in [5.74, 6) is 1.44. The molecule has 0 bridgehead atoms. The van der Waals surface area contributed by atoms with Gasteiger partial charge in [0.25, 0.3) is 5.91 Å². The Morgan fingerprint density at radius 1 is 1.11 bits per heavy atom. The first-order valence-corrected chi connectivity index (χ1v) is 13.2. The van der Waals surface area contributed by atoms with Gasteiger partial charge in [-0.3, -0.25) is 14.1 Å². The zero-order valence-corrected chi connectivity index (χ0v) is 22.2. The van der Waals surface area contributed by atoms with Crippen LogP contribution in [0.1, 0.15) is 29.8 Å². The van der Waals surface area contributed by atoms with Crippen molar-refractivity contribution in [3.63, 3.8) is 0 Å². The van der Waals surface area contributed by atoms with E-state index in [2.05, 4.69) is 30.8 Å². The van der Waals surface area contributed by atoms with Gasteiger partial charge in [-0.1, -0.05) is 0 Å². The average molecular weight is 514 g/mol. The highest BCUT2D eigenvalue weighted by molar-refractivity contribution is 5.96. The molecule has 1 amide bonds. The fourth-order valence-electron chi connectivity index (χ4n) is 4.69. The van der Waals surface area contributed by atoms with E-state index < -0.39 is 0 Å². The number of rotatable bonds is 9. The number of nitrogens with zero attached hydrogens (tertiary/aromatic N) is 4. The van der Waals surface area contributed by atoms with Gasteiger partial charge < -0.3 is 20.7 Å². The van der Waals surface area contributed by atoms with Gasteiger partial charge in [0, 0.05) is 68.5 Å². The minimum Gasteiger partial charge on any atom is -0.491 e. The van der Waals surface area contributed by atoms with Crippen LogP contribution in [0.5, 0.6) is 5.75 Å². The summed E-state index contributed by atoms with van der Waals surface area (Å²) in [6.07, 6.45) is 5.63. The summed E-state index contributed by atoms with van der Waals surface area (Å²) in [4.78, 5) is 24.3. The molecule has 9 heteroatoms. The molecule has 0 atom stereocenters. The summed E-state index contributed by atoms with van der Waals surface area (Å²) in [5.41, 5.74) is 5.14.